The van der Waals surface area contributed by atoms with Gasteiger partial charge >= 0.3 is 0 Å². The van der Waals surface area contributed by atoms with Crippen LogP contribution in [0.25, 0.3) is 0 Å². The van der Waals surface area contributed by atoms with Crippen molar-refractivity contribution in [2.75, 3.05) is 26.1 Å². The highest BCUT2D eigenvalue weighted by Gasteiger charge is 2.08. The zero-order valence-corrected chi connectivity index (χ0v) is 15.1. The third-order valence-electron chi connectivity index (χ3n) is 3.61. The molecule has 0 radical (unpaired) electrons. The van der Waals surface area contributed by atoms with Crippen LogP contribution in [0.5, 0.6) is 11.5 Å². The topological polar surface area (TPSA) is 72.5 Å². The number of anilines is 1. The number of aromatic nitrogens is 1. The molecule has 0 aliphatic rings. The second kappa shape index (κ2) is 8.92. The molecule has 0 saturated carbocycles. The van der Waals surface area contributed by atoms with E-state index in [9.17, 15) is 4.79 Å². The first kappa shape index (κ1) is 18.6. The fraction of sp³-hybridized carbons (Fsp3) is 0.368. The molecule has 25 heavy (non-hydrogen) atoms. The molecule has 0 aliphatic heterocycles. The summed E-state index contributed by atoms with van der Waals surface area (Å²) in [6.07, 6.45) is 1.63. The Hall–Kier alpha value is -2.76. The van der Waals surface area contributed by atoms with Crippen molar-refractivity contribution in [3.8, 4) is 11.5 Å². The van der Waals surface area contributed by atoms with Crippen LogP contribution in [0.3, 0.4) is 0 Å². The van der Waals surface area contributed by atoms with Crippen LogP contribution >= 0.6 is 0 Å². The standard InChI is InChI=1S/C19H25N3O3/c1-13(2)11-22-19(23)15-7-8-20-18(10-15)21-12-14-5-6-16(24-3)17(9-14)25-4/h5-10,13H,11-12H2,1-4H3,(H,20,21)(H,22,23). The van der Waals surface area contributed by atoms with Gasteiger partial charge in [-0.1, -0.05) is 19.9 Å². The van der Waals surface area contributed by atoms with Crippen molar-refractivity contribution < 1.29 is 14.3 Å². The third-order valence-corrected chi connectivity index (χ3v) is 3.61. The van der Waals surface area contributed by atoms with Crippen molar-refractivity contribution in [1.29, 1.82) is 0 Å². The van der Waals surface area contributed by atoms with Crippen LogP contribution in [0, 0.1) is 5.92 Å². The molecule has 134 valence electrons. The average Bonchev–Trinajstić information content (AvgIpc) is 2.64. The number of hydrogen-bond donors (Lipinski definition) is 2. The summed E-state index contributed by atoms with van der Waals surface area (Å²) in [5, 5.41) is 6.12. The molecule has 0 bridgehead atoms. The van der Waals surface area contributed by atoms with Gasteiger partial charge in [-0.25, -0.2) is 4.98 Å². The molecule has 6 nitrogen and oxygen atoms in total. The Balaban J connectivity index is 2.01. The SMILES string of the molecule is COc1ccc(CNc2cc(C(=O)NCC(C)C)ccn2)cc1OC. The summed E-state index contributed by atoms with van der Waals surface area (Å²) in [6, 6.07) is 9.17. The third kappa shape index (κ3) is 5.38. The lowest BCUT2D eigenvalue weighted by Gasteiger charge is -2.11. The van der Waals surface area contributed by atoms with Crippen molar-refractivity contribution in [3.05, 3.63) is 47.7 Å². The van der Waals surface area contributed by atoms with Gasteiger partial charge in [0.1, 0.15) is 5.82 Å². The molecule has 1 aromatic carbocycles. The smallest absolute Gasteiger partial charge is 0.251 e. The number of hydrogen-bond acceptors (Lipinski definition) is 5. The van der Waals surface area contributed by atoms with E-state index in [0.717, 1.165) is 5.56 Å². The fourth-order valence-corrected chi connectivity index (χ4v) is 2.25. The average molecular weight is 343 g/mol. The van der Waals surface area contributed by atoms with Crippen molar-refractivity contribution in [3.63, 3.8) is 0 Å². The number of pyridine rings is 1. The van der Waals surface area contributed by atoms with E-state index < -0.39 is 0 Å². The zero-order valence-electron chi connectivity index (χ0n) is 15.1. The lowest BCUT2D eigenvalue weighted by atomic mass is 10.2. The maximum atomic E-state index is 12.1. The van der Waals surface area contributed by atoms with Crippen LogP contribution in [0.4, 0.5) is 5.82 Å². The molecular formula is C19H25N3O3. The second-order valence-electron chi connectivity index (χ2n) is 6.08. The van der Waals surface area contributed by atoms with Crippen LogP contribution in [-0.4, -0.2) is 31.7 Å². The Labute approximate surface area is 148 Å². The number of methoxy groups -OCH3 is 2. The predicted octanol–water partition coefficient (Wildman–Crippen LogP) is 3.10. The first-order chi connectivity index (χ1) is 12.0. The highest BCUT2D eigenvalue weighted by Crippen LogP contribution is 2.27. The van der Waals surface area contributed by atoms with Gasteiger partial charge < -0.3 is 20.1 Å². The van der Waals surface area contributed by atoms with E-state index in [2.05, 4.69) is 29.5 Å². The van der Waals surface area contributed by atoms with Crippen LogP contribution in [0.1, 0.15) is 29.8 Å². The molecule has 0 fully saturated rings. The van der Waals surface area contributed by atoms with Crippen LogP contribution < -0.4 is 20.1 Å². The van der Waals surface area contributed by atoms with E-state index >= 15 is 0 Å². The van der Waals surface area contributed by atoms with E-state index in [1.165, 1.54) is 0 Å². The van der Waals surface area contributed by atoms with E-state index in [1.54, 1.807) is 32.5 Å². The van der Waals surface area contributed by atoms with E-state index in [1.807, 2.05) is 18.2 Å². The maximum absolute atomic E-state index is 12.1. The van der Waals surface area contributed by atoms with Gasteiger partial charge in [-0.15, -0.1) is 0 Å². The molecule has 0 atom stereocenters. The molecule has 2 rings (SSSR count). The van der Waals surface area contributed by atoms with Gasteiger partial charge in [0.2, 0.25) is 0 Å². The van der Waals surface area contributed by atoms with Gasteiger partial charge in [0, 0.05) is 24.8 Å². The summed E-state index contributed by atoms with van der Waals surface area (Å²) in [7, 11) is 3.21. The van der Waals surface area contributed by atoms with Crippen molar-refractivity contribution >= 4 is 11.7 Å². The summed E-state index contributed by atoms with van der Waals surface area (Å²) < 4.78 is 10.5. The van der Waals surface area contributed by atoms with Crippen LogP contribution in [0.2, 0.25) is 0 Å². The van der Waals surface area contributed by atoms with Gasteiger partial charge in [-0.05, 0) is 35.7 Å². The van der Waals surface area contributed by atoms with Gasteiger partial charge in [-0.2, -0.15) is 0 Å². The molecular weight excluding hydrogens is 318 g/mol. The number of nitrogens with zero attached hydrogens (tertiary/aromatic N) is 1. The minimum Gasteiger partial charge on any atom is -0.493 e. The Morgan fingerprint density at radius 3 is 2.56 bits per heavy atom. The summed E-state index contributed by atoms with van der Waals surface area (Å²) in [6.45, 7) is 5.33. The maximum Gasteiger partial charge on any atom is 0.251 e. The lowest BCUT2D eigenvalue weighted by molar-refractivity contribution is 0.0949. The van der Waals surface area contributed by atoms with Crippen molar-refractivity contribution in [2.45, 2.75) is 20.4 Å². The van der Waals surface area contributed by atoms with Crippen LogP contribution in [-0.2, 0) is 6.54 Å². The Kier molecular flexibility index (Phi) is 6.62. The summed E-state index contributed by atoms with van der Waals surface area (Å²) in [5.41, 5.74) is 1.61. The number of amides is 1. The van der Waals surface area contributed by atoms with E-state index in [-0.39, 0.29) is 5.91 Å². The minimum atomic E-state index is -0.0923. The van der Waals surface area contributed by atoms with Crippen molar-refractivity contribution in [1.82, 2.24) is 10.3 Å². The zero-order chi connectivity index (χ0) is 18.2. The summed E-state index contributed by atoms with van der Waals surface area (Å²) >= 11 is 0. The predicted molar refractivity (Wildman–Crippen MR) is 98.3 cm³/mol. The largest absolute Gasteiger partial charge is 0.493 e. The Bertz CT molecular complexity index is 717. The highest BCUT2D eigenvalue weighted by atomic mass is 16.5. The van der Waals surface area contributed by atoms with Crippen molar-refractivity contribution in [2.24, 2.45) is 5.92 Å². The number of nitrogens with one attached hydrogen (secondary N) is 2. The molecule has 1 heterocycles. The first-order valence-electron chi connectivity index (χ1n) is 8.22. The quantitative estimate of drug-likeness (QED) is 0.770. The fourth-order valence-electron chi connectivity index (χ4n) is 2.25. The van der Waals surface area contributed by atoms with Gasteiger partial charge in [0.25, 0.3) is 5.91 Å². The molecule has 0 unspecified atom stereocenters. The van der Waals surface area contributed by atoms with Gasteiger partial charge in [-0.3, -0.25) is 4.79 Å². The molecule has 0 spiro atoms. The lowest BCUT2D eigenvalue weighted by Crippen LogP contribution is -2.27. The number of carbonyl (C=O) groups is 1. The van der Waals surface area contributed by atoms with Gasteiger partial charge in [0.05, 0.1) is 14.2 Å². The Morgan fingerprint density at radius 2 is 1.88 bits per heavy atom. The molecule has 2 aromatic rings. The molecule has 1 aromatic heterocycles. The Morgan fingerprint density at radius 1 is 1.12 bits per heavy atom. The summed E-state index contributed by atoms with van der Waals surface area (Å²) in [4.78, 5) is 16.4. The van der Waals surface area contributed by atoms with Crippen LogP contribution in [0.15, 0.2) is 36.5 Å². The number of rotatable bonds is 8. The molecule has 1 amide bonds. The molecule has 2 N–H and O–H groups in total. The van der Waals surface area contributed by atoms with E-state index in [4.69, 9.17) is 9.47 Å². The second-order valence-corrected chi connectivity index (χ2v) is 6.08. The first-order valence-corrected chi connectivity index (χ1v) is 8.22. The monoisotopic (exact) mass is 343 g/mol. The van der Waals surface area contributed by atoms with E-state index in [0.29, 0.717) is 41.9 Å². The van der Waals surface area contributed by atoms with Gasteiger partial charge in [0.15, 0.2) is 11.5 Å². The normalized spacial score (nSPS) is 10.4. The minimum absolute atomic E-state index is 0.0923. The molecule has 0 saturated heterocycles. The molecule has 6 heteroatoms. The number of carbonyl (C=O) groups excluding carboxylic acids is 1. The number of ether oxygens (including phenoxy) is 2. The summed E-state index contributed by atoms with van der Waals surface area (Å²) in [5.74, 6) is 2.33. The highest BCUT2D eigenvalue weighted by molar-refractivity contribution is 5.94. The number of benzene rings is 1. The molecule has 0 aliphatic carbocycles.